The minimum absolute atomic E-state index is 0.0219. The highest BCUT2D eigenvalue weighted by atomic mass is 19.1. The number of rotatable bonds is 5. The molecule has 0 saturated carbocycles. The van der Waals surface area contributed by atoms with Gasteiger partial charge in [-0.1, -0.05) is 24.3 Å². The van der Waals surface area contributed by atoms with E-state index >= 15 is 0 Å². The van der Waals surface area contributed by atoms with E-state index in [4.69, 9.17) is 5.73 Å². The second-order valence-corrected chi connectivity index (χ2v) is 6.98. The lowest BCUT2D eigenvalue weighted by atomic mass is 9.90. The van der Waals surface area contributed by atoms with E-state index in [1.807, 2.05) is 23.1 Å². The van der Waals surface area contributed by atoms with Crippen LogP contribution in [-0.4, -0.2) is 29.9 Å². The van der Waals surface area contributed by atoms with E-state index in [1.165, 1.54) is 6.07 Å². The molecular formula is C21H24FN3O2. The molecule has 0 bridgehead atoms. The highest BCUT2D eigenvalue weighted by Crippen LogP contribution is 2.23. The number of hydrogen-bond acceptors (Lipinski definition) is 2. The zero-order valence-corrected chi connectivity index (χ0v) is 15.2. The third kappa shape index (κ3) is 5.29. The smallest absolute Gasteiger partial charge is 0.312 e. The van der Waals surface area contributed by atoms with E-state index in [0.29, 0.717) is 31.1 Å². The van der Waals surface area contributed by atoms with Crippen LogP contribution in [-0.2, 0) is 13.0 Å². The number of nitrogens with zero attached hydrogens (tertiary/aromatic N) is 1. The van der Waals surface area contributed by atoms with Gasteiger partial charge in [-0.25, -0.2) is 9.18 Å². The van der Waals surface area contributed by atoms with Crippen molar-refractivity contribution >= 4 is 11.9 Å². The predicted octanol–water partition coefficient (Wildman–Crippen LogP) is 3.09. The second-order valence-electron chi connectivity index (χ2n) is 6.98. The Morgan fingerprint density at radius 2 is 1.78 bits per heavy atom. The van der Waals surface area contributed by atoms with E-state index in [-0.39, 0.29) is 11.7 Å². The highest BCUT2D eigenvalue weighted by molar-refractivity contribution is 5.94. The van der Waals surface area contributed by atoms with Gasteiger partial charge in [0.25, 0.3) is 5.91 Å². The average Bonchev–Trinajstić information content (AvgIpc) is 2.67. The van der Waals surface area contributed by atoms with E-state index in [1.54, 1.807) is 24.3 Å². The van der Waals surface area contributed by atoms with Crippen LogP contribution in [0.25, 0.3) is 0 Å². The Morgan fingerprint density at radius 1 is 1.07 bits per heavy atom. The lowest BCUT2D eigenvalue weighted by Gasteiger charge is -2.32. The lowest BCUT2D eigenvalue weighted by molar-refractivity contribution is 0.0690. The zero-order chi connectivity index (χ0) is 19.2. The summed E-state index contributed by atoms with van der Waals surface area (Å²) in [4.78, 5) is 25.3. The van der Waals surface area contributed by atoms with Crippen LogP contribution in [0.3, 0.4) is 0 Å². The zero-order valence-electron chi connectivity index (χ0n) is 15.2. The van der Waals surface area contributed by atoms with Crippen molar-refractivity contribution < 1.29 is 14.0 Å². The number of nitrogens with one attached hydrogen (secondary N) is 1. The minimum Gasteiger partial charge on any atom is -0.352 e. The Morgan fingerprint density at radius 3 is 2.41 bits per heavy atom. The first-order valence-corrected chi connectivity index (χ1v) is 9.17. The van der Waals surface area contributed by atoms with Crippen LogP contribution in [0.4, 0.5) is 9.18 Å². The first-order chi connectivity index (χ1) is 13.0. The van der Waals surface area contributed by atoms with E-state index < -0.39 is 6.03 Å². The van der Waals surface area contributed by atoms with Crippen LogP contribution in [0.15, 0.2) is 48.5 Å². The molecule has 0 aromatic heterocycles. The molecule has 0 aliphatic carbocycles. The van der Waals surface area contributed by atoms with Crippen LogP contribution in [0.2, 0.25) is 0 Å². The Balaban J connectivity index is 1.51. The number of likely N-dealkylation sites (tertiary alicyclic amines) is 1. The van der Waals surface area contributed by atoms with Crippen molar-refractivity contribution in [2.45, 2.75) is 25.8 Å². The van der Waals surface area contributed by atoms with Crippen LogP contribution >= 0.6 is 0 Å². The predicted molar refractivity (Wildman–Crippen MR) is 102 cm³/mol. The first kappa shape index (κ1) is 18.9. The van der Waals surface area contributed by atoms with Gasteiger partial charge in [0, 0.05) is 25.2 Å². The summed E-state index contributed by atoms with van der Waals surface area (Å²) in [5, 5.41) is 2.52. The maximum atomic E-state index is 13.3. The summed E-state index contributed by atoms with van der Waals surface area (Å²) in [5.41, 5.74) is 7.60. The number of hydrogen-bond donors (Lipinski definition) is 2. The normalized spacial score (nSPS) is 14.8. The van der Waals surface area contributed by atoms with Gasteiger partial charge in [-0.3, -0.25) is 4.79 Å². The second kappa shape index (κ2) is 8.66. The van der Waals surface area contributed by atoms with E-state index in [9.17, 15) is 14.0 Å². The maximum Gasteiger partial charge on any atom is 0.312 e. The number of nitrogens with two attached hydrogens (primary N) is 1. The summed E-state index contributed by atoms with van der Waals surface area (Å²) in [6, 6.07) is 13.4. The molecule has 1 aliphatic rings. The number of urea groups is 1. The molecule has 2 aromatic rings. The number of amides is 3. The quantitative estimate of drug-likeness (QED) is 0.850. The van der Waals surface area contributed by atoms with Gasteiger partial charge in [-0.05, 0) is 60.6 Å². The first-order valence-electron chi connectivity index (χ1n) is 9.17. The molecule has 0 radical (unpaired) electrons. The minimum atomic E-state index is -0.573. The topological polar surface area (TPSA) is 75.4 Å². The van der Waals surface area contributed by atoms with Gasteiger partial charge in [0.05, 0.1) is 0 Å². The Bertz CT molecular complexity index is 799. The van der Waals surface area contributed by atoms with Crippen LogP contribution in [0.1, 0.15) is 34.3 Å². The van der Waals surface area contributed by atoms with Gasteiger partial charge in [0.15, 0.2) is 0 Å². The molecule has 3 N–H and O–H groups in total. The van der Waals surface area contributed by atoms with Gasteiger partial charge in [-0.15, -0.1) is 0 Å². The summed E-state index contributed by atoms with van der Waals surface area (Å²) >= 11 is 0. The molecule has 2 aromatic carbocycles. The Labute approximate surface area is 158 Å². The molecule has 1 heterocycles. The third-order valence-electron chi connectivity index (χ3n) is 4.98. The third-order valence-corrected chi connectivity index (χ3v) is 4.98. The van der Waals surface area contributed by atoms with Crippen molar-refractivity contribution in [3.8, 4) is 0 Å². The van der Waals surface area contributed by atoms with Gasteiger partial charge in [0.1, 0.15) is 5.82 Å². The van der Waals surface area contributed by atoms with Crippen molar-refractivity contribution in [1.29, 1.82) is 0 Å². The van der Waals surface area contributed by atoms with Crippen molar-refractivity contribution in [2.75, 3.05) is 13.1 Å². The van der Waals surface area contributed by atoms with Crippen molar-refractivity contribution in [3.05, 3.63) is 71.0 Å². The summed E-state index contributed by atoms with van der Waals surface area (Å²) in [7, 11) is 0. The molecule has 0 spiro atoms. The van der Waals surface area contributed by atoms with Gasteiger partial charge in [-0.2, -0.15) is 0 Å². The van der Waals surface area contributed by atoms with E-state index in [0.717, 1.165) is 30.4 Å². The molecule has 142 valence electrons. The Kier molecular flexibility index (Phi) is 6.06. The fraction of sp³-hybridized carbons (Fsp3) is 0.333. The van der Waals surface area contributed by atoms with Gasteiger partial charge in [0.2, 0.25) is 0 Å². The molecular weight excluding hydrogens is 345 g/mol. The molecule has 5 nitrogen and oxygen atoms in total. The number of carbonyl (C=O) groups excluding carboxylic acids is 2. The monoisotopic (exact) mass is 369 g/mol. The van der Waals surface area contributed by atoms with E-state index in [2.05, 4.69) is 5.32 Å². The van der Waals surface area contributed by atoms with Gasteiger partial charge < -0.3 is 16.0 Å². The lowest BCUT2D eigenvalue weighted by Crippen LogP contribution is -2.38. The fourth-order valence-electron chi connectivity index (χ4n) is 3.47. The maximum absolute atomic E-state index is 13.3. The summed E-state index contributed by atoms with van der Waals surface area (Å²) in [5.74, 6) is 0.293. The van der Waals surface area contributed by atoms with Crippen LogP contribution in [0.5, 0.6) is 0 Å². The van der Waals surface area contributed by atoms with Crippen molar-refractivity contribution in [1.82, 2.24) is 10.2 Å². The standard InChI is InChI=1S/C21H24FN3O2/c22-19-3-1-2-17(13-19)12-15-8-10-25(11-9-15)20(26)18-6-4-16(5-7-18)14-24-21(23)27/h1-7,13,15H,8-12,14H2,(H3,23,24,27). The molecule has 3 rings (SSSR count). The molecule has 0 unspecified atom stereocenters. The molecule has 27 heavy (non-hydrogen) atoms. The summed E-state index contributed by atoms with van der Waals surface area (Å²) in [6.07, 6.45) is 2.69. The van der Waals surface area contributed by atoms with Crippen molar-refractivity contribution in [2.24, 2.45) is 11.7 Å². The molecule has 1 fully saturated rings. The fourth-order valence-corrected chi connectivity index (χ4v) is 3.47. The molecule has 1 aliphatic heterocycles. The largest absolute Gasteiger partial charge is 0.352 e. The SMILES string of the molecule is NC(=O)NCc1ccc(C(=O)N2CCC(Cc3cccc(F)c3)CC2)cc1. The van der Waals surface area contributed by atoms with Crippen LogP contribution < -0.4 is 11.1 Å². The number of primary amides is 1. The summed E-state index contributed by atoms with van der Waals surface area (Å²) < 4.78 is 13.3. The number of carbonyl (C=O) groups is 2. The Hall–Kier alpha value is -2.89. The number of halogens is 1. The molecule has 0 atom stereocenters. The van der Waals surface area contributed by atoms with Crippen LogP contribution in [0, 0.1) is 11.7 Å². The highest BCUT2D eigenvalue weighted by Gasteiger charge is 2.23. The van der Waals surface area contributed by atoms with Crippen molar-refractivity contribution in [3.63, 3.8) is 0 Å². The number of piperidine rings is 1. The molecule has 3 amide bonds. The molecule has 6 heteroatoms. The number of benzene rings is 2. The molecule has 1 saturated heterocycles. The summed E-state index contributed by atoms with van der Waals surface area (Å²) in [6.45, 7) is 1.77. The average molecular weight is 369 g/mol. The van der Waals surface area contributed by atoms with Gasteiger partial charge >= 0.3 is 6.03 Å².